The van der Waals surface area contributed by atoms with E-state index in [9.17, 15) is 0 Å². The summed E-state index contributed by atoms with van der Waals surface area (Å²) in [4.78, 5) is 4.75. The highest BCUT2D eigenvalue weighted by Crippen LogP contribution is 2.34. The number of nitrogens with zero attached hydrogens (tertiary/aromatic N) is 2. The van der Waals surface area contributed by atoms with Gasteiger partial charge in [0.15, 0.2) is 5.82 Å². The molecule has 4 heteroatoms. The number of aromatic nitrogens is 2. The van der Waals surface area contributed by atoms with Gasteiger partial charge in [-0.05, 0) is 45.6 Å². The SMILES string of the molecule is CNC1CCC(c2nc(C3CCCCCC3)no2)CC1. The van der Waals surface area contributed by atoms with E-state index in [-0.39, 0.29) is 0 Å². The maximum atomic E-state index is 5.59. The number of hydrogen-bond acceptors (Lipinski definition) is 4. The first kappa shape index (κ1) is 14.1. The fourth-order valence-electron chi connectivity index (χ4n) is 3.75. The second-order valence-corrected chi connectivity index (χ2v) is 6.52. The topological polar surface area (TPSA) is 51.0 Å². The molecule has 0 spiro atoms. The first-order valence-corrected chi connectivity index (χ1v) is 8.37. The molecule has 4 nitrogen and oxygen atoms in total. The highest BCUT2D eigenvalue weighted by atomic mass is 16.5. The Kier molecular flexibility index (Phi) is 4.71. The fraction of sp³-hybridized carbons (Fsp3) is 0.875. The quantitative estimate of drug-likeness (QED) is 0.855. The molecule has 3 rings (SSSR count). The molecule has 2 aliphatic carbocycles. The first-order chi connectivity index (χ1) is 9.86. The molecule has 0 aromatic carbocycles. The van der Waals surface area contributed by atoms with Gasteiger partial charge < -0.3 is 9.84 Å². The van der Waals surface area contributed by atoms with Crippen molar-refractivity contribution in [1.29, 1.82) is 0 Å². The lowest BCUT2D eigenvalue weighted by Gasteiger charge is -2.25. The highest BCUT2D eigenvalue weighted by Gasteiger charge is 2.27. The van der Waals surface area contributed by atoms with Crippen LogP contribution >= 0.6 is 0 Å². The monoisotopic (exact) mass is 277 g/mol. The van der Waals surface area contributed by atoms with E-state index in [4.69, 9.17) is 9.51 Å². The molecule has 0 amide bonds. The molecule has 0 saturated heterocycles. The molecule has 0 radical (unpaired) electrons. The minimum atomic E-state index is 0.492. The van der Waals surface area contributed by atoms with Crippen molar-refractivity contribution in [2.75, 3.05) is 7.05 Å². The normalized spacial score (nSPS) is 29.2. The van der Waals surface area contributed by atoms with E-state index in [1.807, 2.05) is 0 Å². The lowest BCUT2D eigenvalue weighted by Crippen LogP contribution is -2.29. The Morgan fingerprint density at radius 1 is 0.900 bits per heavy atom. The average molecular weight is 277 g/mol. The summed E-state index contributed by atoms with van der Waals surface area (Å²) in [5.41, 5.74) is 0. The molecule has 2 saturated carbocycles. The standard InChI is InChI=1S/C16H27N3O/c1-17-14-10-8-13(9-11-14)16-18-15(19-20-16)12-6-4-2-3-5-7-12/h12-14,17H,2-11H2,1H3. The molecule has 1 heterocycles. The molecule has 20 heavy (non-hydrogen) atoms. The maximum absolute atomic E-state index is 5.59. The van der Waals surface area contributed by atoms with Gasteiger partial charge in [0, 0.05) is 17.9 Å². The van der Waals surface area contributed by atoms with Crippen LogP contribution in [0.2, 0.25) is 0 Å². The van der Waals surface area contributed by atoms with Gasteiger partial charge in [-0.2, -0.15) is 4.98 Å². The Morgan fingerprint density at radius 2 is 1.60 bits per heavy atom. The summed E-state index contributed by atoms with van der Waals surface area (Å²) in [5, 5.41) is 7.67. The van der Waals surface area contributed by atoms with Crippen molar-refractivity contribution < 1.29 is 4.52 Å². The fourth-order valence-corrected chi connectivity index (χ4v) is 3.75. The maximum Gasteiger partial charge on any atom is 0.229 e. The average Bonchev–Trinajstić information content (AvgIpc) is 2.83. The molecule has 0 bridgehead atoms. The van der Waals surface area contributed by atoms with E-state index in [2.05, 4.69) is 17.5 Å². The van der Waals surface area contributed by atoms with Crippen LogP contribution in [0.25, 0.3) is 0 Å². The van der Waals surface area contributed by atoms with Crippen LogP contribution in [0.5, 0.6) is 0 Å². The van der Waals surface area contributed by atoms with Gasteiger partial charge in [-0.1, -0.05) is 30.8 Å². The van der Waals surface area contributed by atoms with Gasteiger partial charge in [0.05, 0.1) is 0 Å². The lowest BCUT2D eigenvalue weighted by atomic mass is 9.86. The van der Waals surface area contributed by atoms with Crippen LogP contribution < -0.4 is 5.32 Å². The number of hydrogen-bond donors (Lipinski definition) is 1. The van der Waals surface area contributed by atoms with Crippen molar-refractivity contribution in [1.82, 2.24) is 15.5 Å². The molecule has 112 valence electrons. The highest BCUT2D eigenvalue weighted by molar-refractivity contribution is 5.01. The van der Waals surface area contributed by atoms with Crippen molar-refractivity contribution >= 4 is 0 Å². The Morgan fingerprint density at radius 3 is 2.25 bits per heavy atom. The summed E-state index contributed by atoms with van der Waals surface area (Å²) in [6.45, 7) is 0. The summed E-state index contributed by atoms with van der Waals surface area (Å²) in [7, 11) is 2.06. The van der Waals surface area contributed by atoms with Gasteiger partial charge in [-0.3, -0.25) is 0 Å². The van der Waals surface area contributed by atoms with Crippen LogP contribution in [0.15, 0.2) is 4.52 Å². The van der Waals surface area contributed by atoms with Crippen molar-refractivity contribution in [2.45, 2.75) is 82.1 Å². The predicted molar refractivity (Wildman–Crippen MR) is 78.8 cm³/mol. The largest absolute Gasteiger partial charge is 0.339 e. The van der Waals surface area contributed by atoms with Gasteiger partial charge in [0.25, 0.3) is 0 Å². The minimum absolute atomic E-state index is 0.492. The van der Waals surface area contributed by atoms with Crippen molar-refractivity contribution in [2.24, 2.45) is 0 Å². The van der Waals surface area contributed by atoms with Crippen molar-refractivity contribution in [3.8, 4) is 0 Å². The van der Waals surface area contributed by atoms with Gasteiger partial charge in [0.1, 0.15) is 0 Å². The van der Waals surface area contributed by atoms with Crippen molar-refractivity contribution in [3.63, 3.8) is 0 Å². The molecule has 1 N–H and O–H groups in total. The number of rotatable bonds is 3. The Labute approximate surface area is 121 Å². The van der Waals surface area contributed by atoms with E-state index in [0.717, 1.165) is 11.7 Å². The molecule has 0 unspecified atom stereocenters. The third-order valence-corrected chi connectivity index (χ3v) is 5.16. The van der Waals surface area contributed by atoms with Gasteiger partial charge in [0.2, 0.25) is 5.89 Å². The van der Waals surface area contributed by atoms with Crippen LogP contribution in [0.1, 0.15) is 87.8 Å². The zero-order valence-electron chi connectivity index (χ0n) is 12.6. The molecular formula is C16H27N3O. The third kappa shape index (κ3) is 3.22. The van der Waals surface area contributed by atoms with Gasteiger partial charge in [-0.25, -0.2) is 0 Å². The minimum Gasteiger partial charge on any atom is -0.339 e. The van der Waals surface area contributed by atoms with Crippen LogP contribution in [-0.4, -0.2) is 23.2 Å². The van der Waals surface area contributed by atoms with E-state index >= 15 is 0 Å². The molecule has 1 aromatic rings. The second-order valence-electron chi connectivity index (χ2n) is 6.52. The predicted octanol–water partition coefficient (Wildman–Crippen LogP) is 3.75. The summed E-state index contributed by atoms with van der Waals surface area (Å²) < 4.78 is 5.59. The van der Waals surface area contributed by atoms with Gasteiger partial charge in [-0.15, -0.1) is 0 Å². The lowest BCUT2D eigenvalue weighted by molar-refractivity contribution is 0.287. The number of nitrogens with one attached hydrogen (secondary N) is 1. The zero-order chi connectivity index (χ0) is 13.8. The van der Waals surface area contributed by atoms with Crippen LogP contribution in [0.4, 0.5) is 0 Å². The summed E-state index contributed by atoms with van der Waals surface area (Å²) in [5.74, 6) is 2.92. The Bertz CT molecular complexity index is 402. The van der Waals surface area contributed by atoms with E-state index in [1.165, 1.54) is 64.2 Å². The first-order valence-electron chi connectivity index (χ1n) is 8.37. The van der Waals surface area contributed by atoms with Crippen molar-refractivity contribution in [3.05, 3.63) is 11.7 Å². The third-order valence-electron chi connectivity index (χ3n) is 5.16. The summed E-state index contributed by atoms with van der Waals surface area (Å²) >= 11 is 0. The van der Waals surface area contributed by atoms with E-state index < -0.39 is 0 Å². The zero-order valence-corrected chi connectivity index (χ0v) is 12.6. The molecule has 0 aliphatic heterocycles. The molecule has 1 aromatic heterocycles. The van der Waals surface area contributed by atoms with Crippen LogP contribution in [0.3, 0.4) is 0 Å². The van der Waals surface area contributed by atoms with Crippen LogP contribution in [-0.2, 0) is 0 Å². The smallest absolute Gasteiger partial charge is 0.229 e. The Hall–Kier alpha value is -0.900. The second kappa shape index (κ2) is 6.70. The summed E-state index contributed by atoms with van der Waals surface area (Å²) in [6, 6.07) is 0.676. The Balaban J connectivity index is 1.61. The van der Waals surface area contributed by atoms with Gasteiger partial charge >= 0.3 is 0 Å². The summed E-state index contributed by atoms with van der Waals surface area (Å²) in [6.07, 6.45) is 12.7. The molecular weight excluding hydrogens is 250 g/mol. The van der Waals surface area contributed by atoms with E-state index in [1.54, 1.807) is 0 Å². The molecule has 2 aliphatic rings. The van der Waals surface area contributed by atoms with Crippen LogP contribution in [0, 0.1) is 0 Å². The molecule has 0 atom stereocenters. The van der Waals surface area contributed by atoms with E-state index in [0.29, 0.717) is 17.9 Å². The molecule has 2 fully saturated rings.